The molecule has 0 aromatic carbocycles. The van der Waals surface area contributed by atoms with Gasteiger partial charge in [0, 0.05) is 30.4 Å². The van der Waals surface area contributed by atoms with Crippen molar-refractivity contribution in [2.45, 2.75) is 19.4 Å². The van der Waals surface area contributed by atoms with E-state index in [0.29, 0.717) is 18.9 Å². The molecule has 0 aliphatic carbocycles. The third-order valence-corrected chi connectivity index (χ3v) is 5.39. The van der Waals surface area contributed by atoms with Crippen molar-refractivity contribution in [3.63, 3.8) is 0 Å². The summed E-state index contributed by atoms with van der Waals surface area (Å²) in [6, 6.07) is 9.72. The van der Waals surface area contributed by atoms with Crippen LogP contribution in [0.3, 0.4) is 0 Å². The molecule has 4 heterocycles. The van der Waals surface area contributed by atoms with Gasteiger partial charge in [0.25, 0.3) is 0 Å². The van der Waals surface area contributed by atoms with Crippen LogP contribution in [-0.2, 0) is 11.3 Å². The molecule has 4 rings (SSSR count). The van der Waals surface area contributed by atoms with Crippen LogP contribution in [0.2, 0.25) is 0 Å². The fourth-order valence-electron chi connectivity index (χ4n) is 3.14. The normalized spacial score (nSPS) is 17.2. The molecular weight excluding hydrogens is 348 g/mol. The van der Waals surface area contributed by atoms with Crippen molar-refractivity contribution in [2.24, 2.45) is 5.92 Å². The number of rotatable bonds is 5. The topological polar surface area (TPSA) is 75.9 Å². The molecule has 0 radical (unpaired) electrons. The molecule has 8 heteroatoms. The maximum absolute atomic E-state index is 12.5. The number of amides is 1. The Bertz CT molecular complexity index is 831. The number of nitrogens with zero attached hydrogens (tertiary/aromatic N) is 5. The average Bonchev–Trinajstić information content (AvgIpc) is 3.40. The van der Waals surface area contributed by atoms with Crippen molar-refractivity contribution in [3.05, 3.63) is 53.0 Å². The van der Waals surface area contributed by atoms with Gasteiger partial charge in [0.1, 0.15) is 0 Å². The molecule has 1 amide bonds. The third-order valence-electron chi connectivity index (χ3n) is 4.51. The Kier molecular flexibility index (Phi) is 4.92. The number of carbonyl (C=O) groups is 1. The lowest BCUT2D eigenvalue weighted by Crippen LogP contribution is -2.43. The fraction of sp³-hybridized carbons (Fsp3) is 0.333. The Morgan fingerprint density at radius 1 is 1.23 bits per heavy atom. The first kappa shape index (κ1) is 16.7. The lowest BCUT2D eigenvalue weighted by molar-refractivity contribution is -0.125. The number of thiophene rings is 1. The van der Waals surface area contributed by atoms with E-state index in [1.807, 2.05) is 41.9 Å². The van der Waals surface area contributed by atoms with E-state index < -0.39 is 0 Å². The monoisotopic (exact) mass is 368 g/mol. The van der Waals surface area contributed by atoms with Crippen LogP contribution in [0.4, 0.5) is 5.82 Å². The van der Waals surface area contributed by atoms with E-state index in [1.54, 1.807) is 22.2 Å². The Morgan fingerprint density at radius 2 is 2.12 bits per heavy atom. The van der Waals surface area contributed by atoms with Crippen LogP contribution < -0.4 is 10.2 Å². The molecule has 1 saturated heterocycles. The van der Waals surface area contributed by atoms with Gasteiger partial charge in [-0.2, -0.15) is 5.10 Å². The Hall–Kier alpha value is -2.74. The average molecular weight is 368 g/mol. The molecule has 1 fully saturated rings. The zero-order valence-electron chi connectivity index (χ0n) is 14.3. The minimum absolute atomic E-state index is 0.0173. The van der Waals surface area contributed by atoms with Gasteiger partial charge in [-0.25, -0.2) is 4.68 Å². The van der Waals surface area contributed by atoms with E-state index in [-0.39, 0.29) is 11.8 Å². The van der Waals surface area contributed by atoms with Crippen molar-refractivity contribution in [1.82, 2.24) is 25.3 Å². The van der Waals surface area contributed by atoms with Crippen LogP contribution in [-0.4, -0.2) is 39.0 Å². The number of carbonyl (C=O) groups excluding carboxylic acids is 1. The van der Waals surface area contributed by atoms with Crippen LogP contribution in [0, 0.1) is 5.92 Å². The highest BCUT2D eigenvalue weighted by Crippen LogP contribution is 2.22. The largest absolute Gasteiger partial charge is 0.354 e. The van der Waals surface area contributed by atoms with Gasteiger partial charge in [0.05, 0.1) is 12.5 Å². The highest BCUT2D eigenvalue weighted by molar-refractivity contribution is 7.09. The van der Waals surface area contributed by atoms with Gasteiger partial charge in [-0.05, 0) is 42.5 Å². The second-order valence-electron chi connectivity index (χ2n) is 6.28. The zero-order chi connectivity index (χ0) is 17.8. The molecule has 1 atom stereocenters. The van der Waals surface area contributed by atoms with Crippen molar-refractivity contribution in [2.75, 3.05) is 18.0 Å². The molecule has 0 bridgehead atoms. The first-order valence-electron chi connectivity index (χ1n) is 8.68. The SMILES string of the molecule is O=C(NCc1cccs1)[C@@H]1CCCN(c2ccc(-n3cccn3)nn2)C1. The number of hydrogen-bond donors (Lipinski definition) is 1. The van der Waals surface area contributed by atoms with E-state index in [4.69, 9.17) is 0 Å². The zero-order valence-corrected chi connectivity index (χ0v) is 15.1. The lowest BCUT2D eigenvalue weighted by Gasteiger charge is -2.32. The van der Waals surface area contributed by atoms with Crippen molar-refractivity contribution in [1.29, 1.82) is 0 Å². The van der Waals surface area contributed by atoms with Crippen LogP contribution >= 0.6 is 11.3 Å². The molecule has 1 aliphatic heterocycles. The predicted molar refractivity (Wildman–Crippen MR) is 100 cm³/mol. The maximum atomic E-state index is 12.5. The molecule has 0 saturated carbocycles. The third kappa shape index (κ3) is 3.75. The van der Waals surface area contributed by atoms with Crippen molar-refractivity contribution < 1.29 is 4.79 Å². The molecule has 26 heavy (non-hydrogen) atoms. The molecule has 1 N–H and O–H groups in total. The summed E-state index contributed by atoms with van der Waals surface area (Å²) in [5, 5.41) is 17.8. The van der Waals surface area contributed by atoms with Crippen LogP contribution in [0.25, 0.3) is 5.82 Å². The first-order valence-corrected chi connectivity index (χ1v) is 9.56. The van der Waals surface area contributed by atoms with Crippen LogP contribution in [0.5, 0.6) is 0 Å². The van der Waals surface area contributed by atoms with E-state index in [1.165, 1.54) is 4.88 Å². The van der Waals surface area contributed by atoms with Gasteiger partial charge in [0.2, 0.25) is 5.91 Å². The standard InChI is InChI=1S/C18H20N6OS/c25-18(19-12-15-5-2-11-26-15)14-4-1-9-23(13-14)16-6-7-17(22-21-16)24-10-3-8-20-24/h2-3,5-8,10-11,14H,1,4,9,12-13H2,(H,19,25)/t14-/m1/s1. The van der Waals surface area contributed by atoms with E-state index >= 15 is 0 Å². The maximum Gasteiger partial charge on any atom is 0.225 e. The minimum atomic E-state index is -0.0173. The highest BCUT2D eigenvalue weighted by Gasteiger charge is 2.26. The molecule has 134 valence electrons. The molecule has 0 unspecified atom stereocenters. The summed E-state index contributed by atoms with van der Waals surface area (Å²) >= 11 is 1.66. The van der Waals surface area contributed by atoms with E-state index in [0.717, 1.165) is 25.2 Å². The van der Waals surface area contributed by atoms with Crippen LogP contribution in [0.15, 0.2) is 48.1 Å². The minimum Gasteiger partial charge on any atom is -0.354 e. The second kappa shape index (κ2) is 7.65. The number of hydrogen-bond acceptors (Lipinski definition) is 6. The molecular formula is C18H20N6OS. The van der Waals surface area contributed by atoms with Gasteiger partial charge in [0.15, 0.2) is 11.6 Å². The van der Waals surface area contributed by atoms with Gasteiger partial charge < -0.3 is 10.2 Å². The summed E-state index contributed by atoms with van der Waals surface area (Å²) in [5.74, 6) is 1.58. The second-order valence-corrected chi connectivity index (χ2v) is 7.31. The first-order chi connectivity index (χ1) is 12.8. The molecule has 3 aromatic heterocycles. The summed E-state index contributed by atoms with van der Waals surface area (Å²) in [6.45, 7) is 2.17. The summed E-state index contributed by atoms with van der Waals surface area (Å²) in [6.07, 6.45) is 5.42. The van der Waals surface area contributed by atoms with Crippen molar-refractivity contribution >= 4 is 23.1 Å². The summed E-state index contributed by atoms with van der Waals surface area (Å²) < 4.78 is 1.67. The summed E-state index contributed by atoms with van der Waals surface area (Å²) in [4.78, 5) is 15.8. The Morgan fingerprint density at radius 3 is 2.85 bits per heavy atom. The number of nitrogens with one attached hydrogen (secondary N) is 1. The van der Waals surface area contributed by atoms with Crippen LogP contribution in [0.1, 0.15) is 17.7 Å². The molecule has 1 aliphatic rings. The number of piperidine rings is 1. The quantitative estimate of drug-likeness (QED) is 0.748. The van der Waals surface area contributed by atoms with Gasteiger partial charge in [-0.15, -0.1) is 21.5 Å². The van der Waals surface area contributed by atoms with Gasteiger partial charge in [-0.1, -0.05) is 6.07 Å². The Labute approximate surface area is 155 Å². The summed E-state index contributed by atoms with van der Waals surface area (Å²) in [5.41, 5.74) is 0. The number of aromatic nitrogens is 4. The Balaban J connectivity index is 1.37. The highest BCUT2D eigenvalue weighted by atomic mass is 32.1. The summed E-state index contributed by atoms with van der Waals surface area (Å²) in [7, 11) is 0. The molecule has 0 spiro atoms. The number of anilines is 1. The van der Waals surface area contributed by atoms with Crippen molar-refractivity contribution in [3.8, 4) is 5.82 Å². The fourth-order valence-corrected chi connectivity index (χ4v) is 3.79. The predicted octanol–water partition coefficient (Wildman–Crippen LogP) is 2.26. The lowest BCUT2D eigenvalue weighted by atomic mass is 9.97. The van der Waals surface area contributed by atoms with E-state index in [2.05, 4.69) is 25.5 Å². The smallest absolute Gasteiger partial charge is 0.225 e. The van der Waals surface area contributed by atoms with E-state index in [9.17, 15) is 4.79 Å². The molecule has 3 aromatic rings. The van der Waals surface area contributed by atoms with Gasteiger partial charge in [-0.3, -0.25) is 4.79 Å². The van der Waals surface area contributed by atoms with Gasteiger partial charge >= 0.3 is 0 Å². The molecule has 7 nitrogen and oxygen atoms in total.